The normalized spacial score (nSPS) is 30.5. The molecule has 1 aliphatic rings. The summed E-state index contributed by atoms with van der Waals surface area (Å²) in [6.07, 6.45) is 2.67. The van der Waals surface area contributed by atoms with E-state index in [0.29, 0.717) is 0 Å². The third-order valence-corrected chi connectivity index (χ3v) is 4.81. The fourth-order valence-corrected chi connectivity index (χ4v) is 2.76. The molecule has 1 aliphatic carbocycles. The summed E-state index contributed by atoms with van der Waals surface area (Å²) in [6.45, 7) is 1.42. The highest BCUT2D eigenvalue weighted by Crippen LogP contribution is 2.44. The minimum atomic E-state index is -1.37. The molecule has 2 unspecified atom stereocenters. The topological polar surface area (TPSA) is 74.6 Å². The van der Waals surface area contributed by atoms with Crippen molar-refractivity contribution in [3.8, 4) is 0 Å². The van der Waals surface area contributed by atoms with Crippen molar-refractivity contribution in [2.45, 2.75) is 10.8 Å². The lowest BCUT2D eigenvalue weighted by Gasteiger charge is -2.32. The van der Waals surface area contributed by atoms with Crippen molar-refractivity contribution in [2.75, 3.05) is 0 Å². The van der Waals surface area contributed by atoms with E-state index in [2.05, 4.69) is 0 Å². The first-order chi connectivity index (χ1) is 6.81. The van der Waals surface area contributed by atoms with Crippen molar-refractivity contribution < 1.29 is 19.8 Å². The zero-order valence-electron chi connectivity index (χ0n) is 7.70. The molecule has 0 aromatic rings. The summed E-state index contributed by atoms with van der Waals surface area (Å²) in [7, 11) is 0. The van der Waals surface area contributed by atoms with Crippen molar-refractivity contribution in [1.29, 1.82) is 0 Å². The van der Waals surface area contributed by atoms with Gasteiger partial charge >= 0.3 is 11.9 Å². The van der Waals surface area contributed by atoms with Gasteiger partial charge in [-0.15, -0.1) is 0 Å². The maximum Gasteiger partial charge on any atom is 0.332 e. The van der Waals surface area contributed by atoms with Gasteiger partial charge in [-0.1, -0.05) is 34.2 Å². The minimum Gasteiger partial charge on any atom is -0.481 e. The Hall–Kier alpha value is -0.560. The zero-order chi connectivity index (χ0) is 11.8. The Labute approximate surface area is 105 Å². The van der Waals surface area contributed by atoms with Crippen LogP contribution in [0.25, 0.3) is 0 Å². The van der Waals surface area contributed by atoms with Gasteiger partial charge in [-0.3, -0.25) is 4.79 Å². The Balaban J connectivity index is 3.27. The Morgan fingerprint density at radius 3 is 2.40 bits per heavy atom. The number of allylic oxidation sites excluding steroid dienone is 2. The smallest absolute Gasteiger partial charge is 0.332 e. The highest BCUT2D eigenvalue weighted by atomic mass is 127. The van der Waals surface area contributed by atoms with E-state index in [1.54, 1.807) is 22.6 Å². The van der Waals surface area contributed by atoms with Crippen LogP contribution >= 0.6 is 34.2 Å². The van der Waals surface area contributed by atoms with E-state index in [1.165, 1.54) is 19.1 Å². The van der Waals surface area contributed by atoms with E-state index in [9.17, 15) is 9.59 Å². The third-order valence-electron chi connectivity index (χ3n) is 2.38. The summed E-state index contributed by atoms with van der Waals surface area (Å²) < 4.78 is -0.692. The summed E-state index contributed by atoms with van der Waals surface area (Å²) in [5.74, 6) is -2.25. The molecular weight excluding hydrogens is 334 g/mol. The molecule has 0 aliphatic heterocycles. The van der Waals surface area contributed by atoms with Gasteiger partial charge in [0.2, 0.25) is 0 Å². The Kier molecular flexibility index (Phi) is 3.44. The van der Waals surface area contributed by atoms with Crippen LogP contribution in [0.1, 0.15) is 6.92 Å². The summed E-state index contributed by atoms with van der Waals surface area (Å²) >= 11 is 7.61. The van der Waals surface area contributed by atoms with E-state index >= 15 is 0 Å². The van der Waals surface area contributed by atoms with Gasteiger partial charge in [0, 0.05) is 5.03 Å². The van der Waals surface area contributed by atoms with Crippen LogP contribution < -0.4 is 0 Å². The molecular formula is C9H8ClIO4. The Morgan fingerprint density at radius 2 is 2.00 bits per heavy atom. The lowest BCUT2D eigenvalue weighted by molar-refractivity contribution is -0.145. The van der Waals surface area contributed by atoms with Gasteiger partial charge in [-0.25, -0.2) is 4.79 Å². The monoisotopic (exact) mass is 342 g/mol. The lowest BCUT2D eigenvalue weighted by Crippen LogP contribution is -2.41. The molecule has 82 valence electrons. The summed E-state index contributed by atoms with van der Waals surface area (Å²) in [5.41, 5.74) is -1.32. The van der Waals surface area contributed by atoms with Gasteiger partial charge < -0.3 is 10.2 Å². The molecule has 4 nitrogen and oxygen atoms in total. The number of carboxylic acids is 2. The third kappa shape index (κ3) is 1.90. The van der Waals surface area contributed by atoms with Gasteiger partial charge in [-0.05, 0) is 19.1 Å². The number of hydrogen-bond acceptors (Lipinski definition) is 2. The van der Waals surface area contributed by atoms with Gasteiger partial charge in [0.1, 0.15) is 5.41 Å². The van der Waals surface area contributed by atoms with Gasteiger partial charge in [0.25, 0.3) is 0 Å². The van der Waals surface area contributed by atoms with Crippen molar-refractivity contribution in [3.05, 3.63) is 22.8 Å². The van der Waals surface area contributed by atoms with Crippen LogP contribution in [0.3, 0.4) is 0 Å². The predicted molar refractivity (Wildman–Crippen MR) is 63.2 cm³/mol. The van der Waals surface area contributed by atoms with Crippen LogP contribution in [-0.2, 0) is 9.59 Å². The van der Waals surface area contributed by atoms with Crippen LogP contribution in [0, 0.1) is 5.41 Å². The van der Waals surface area contributed by atoms with Gasteiger partial charge in [0.05, 0.1) is 9.50 Å². The van der Waals surface area contributed by atoms with E-state index in [1.807, 2.05) is 0 Å². The molecule has 0 radical (unpaired) electrons. The minimum absolute atomic E-state index is 0.0462. The second-order valence-electron chi connectivity index (χ2n) is 3.31. The number of aliphatic carboxylic acids is 2. The van der Waals surface area contributed by atoms with Crippen LogP contribution in [0.15, 0.2) is 22.8 Å². The predicted octanol–water partition coefficient (Wildman–Crippen LogP) is 2.03. The molecule has 15 heavy (non-hydrogen) atoms. The second kappa shape index (κ2) is 4.13. The van der Waals surface area contributed by atoms with Crippen LogP contribution in [-0.4, -0.2) is 26.1 Å². The SMILES string of the molecule is CC1(C(=O)O)C(Cl)=CC=C(C(=O)O)C1I. The fraction of sp³-hybridized carbons (Fsp3) is 0.333. The van der Waals surface area contributed by atoms with E-state index in [4.69, 9.17) is 21.8 Å². The van der Waals surface area contributed by atoms with E-state index in [-0.39, 0.29) is 10.6 Å². The summed E-state index contributed by atoms with van der Waals surface area (Å²) in [4.78, 5) is 22.0. The molecule has 0 saturated heterocycles. The molecule has 2 N–H and O–H groups in total. The highest BCUT2D eigenvalue weighted by Gasteiger charge is 2.47. The van der Waals surface area contributed by atoms with Crippen LogP contribution in [0.4, 0.5) is 0 Å². The lowest BCUT2D eigenvalue weighted by atomic mass is 9.80. The number of carbonyl (C=O) groups is 2. The maximum absolute atomic E-state index is 11.1. The van der Waals surface area contributed by atoms with Crippen molar-refractivity contribution in [3.63, 3.8) is 0 Å². The number of hydrogen-bond donors (Lipinski definition) is 2. The molecule has 0 fully saturated rings. The molecule has 0 heterocycles. The molecule has 0 bridgehead atoms. The van der Waals surface area contributed by atoms with E-state index in [0.717, 1.165) is 0 Å². The fourth-order valence-electron chi connectivity index (χ4n) is 1.24. The molecule has 0 spiro atoms. The first-order valence-corrected chi connectivity index (χ1v) is 5.62. The number of carboxylic acid groups (broad SMARTS) is 2. The summed E-state index contributed by atoms with van der Waals surface area (Å²) in [5, 5.41) is 18.1. The average molecular weight is 343 g/mol. The molecule has 0 saturated carbocycles. The van der Waals surface area contributed by atoms with Gasteiger partial charge in [0.15, 0.2) is 0 Å². The summed E-state index contributed by atoms with van der Waals surface area (Å²) in [6, 6.07) is 0. The average Bonchev–Trinajstić information content (AvgIpc) is 2.13. The largest absolute Gasteiger partial charge is 0.481 e. The number of rotatable bonds is 2. The molecule has 1 rings (SSSR count). The zero-order valence-corrected chi connectivity index (χ0v) is 10.6. The van der Waals surface area contributed by atoms with Crippen LogP contribution in [0.2, 0.25) is 0 Å². The molecule has 6 heteroatoms. The van der Waals surface area contributed by atoms with Crippen molar-refractivity contribution in [1.82, 2.24) is 0 Å². The molecule has 0 amide bonds. The maximum atomic E-state index is 11.1. The molecule has 0 aromatic heterocycles. The second-order valence-corrected chi connectivity index (χ2v) is 4.96. The van der Waals surface area contributed by atoms with Crippen molar-refractivity contribution >= 4 is 46.1 Å². The van der Waals surface area contributed by atoms with Crippen LogP contribution in [0.5, 0.6) is 0 Å². The molecule has 2 atom stereocenters. The first kappa shape index (κ1) is 12.5. The molecule has 0 aromatic carbocycles. The first-order valence-electron chi connectivity index (χ1n) is 4.00. The highest BCUT2D eigenvalue weighted by molar-refractivity contribution is 14.1. The Morgan fingerprint density at radius 1 is 1.47 bits per heavy atom. The Bertz CT molecular complexity index is 388. The van der Waals surface area contributed by atoms with Crippen molar-refractivity contribution in [2.24, 2.45) is 5.41 Å². The van der Waals surface area contributed by atoms with E-state index < -0.39 is 21.3 Å². The number of halogens is 2. The van der Waals surface area contributed by atoms with Gasteiger partial charge in [-0.2, -0.15) is 0 Å². The quantitative estimate of drug-likeness (QED) is 0.595. The standard InChI is InChI=1S/C9H8ClIO4/c1-9(8(14)15)5(10)3-2-4(6(9)11)7(12)13/h2-3,6H,1H3,(H,12,13)(H,14,15). The number of alkyl halides is 1.